The van der Waals surface area contributed by atoms with E-state index in [1.807, 2.05) is 0 Å². The number of carbonyl (C=O) groups excluding carboxylic acids is 1. The highest BCUT2D eigenvalue weighted by molar-refractivity contribution is 7.17. The lowest BCUT2D eigenvalue weighted by molar-refractivity contribution is -0.141. The fourth-order valence-corrected chi connectivity index (χ4v) is 2.19. The highest BCUT2D eigenvalue weighted by atomic mass is 32.1. The van der Waals surface area contributed by atoms with Gasteiger partial charge in [0.2, 0.25) is 0 Å². The number of carbonyl (C=O) groups is 1. The summed E-state index contributed by atoms with van der Waals surface area (Å²) in [5.74, 6) is -1.02. The number of hydrogen-bond donors (Lipinski definition) is 1. The van der Waals surface area contributed by atoms with Crippen LogP contribution in [0, 0.1) is 0 Å². The molecule has 0 aromatic carbocycles. The van der Waals surface area contributed by atoms with Crippen molar-refractivity contribution < 1.29 is 22.7 Å². The molecule has 1 aromatic rings. The summed E-state index contributed by atoms with van der Waals surface area (Å²) in [6, 6.07) is 0.174. The van der Waals surface area contributed by atoms with E-state index in [0.29, 0.717) is 11.3 Å². The van der Waals surface area contributed by atoms with Crippen molar-refractivity contribution in [3.8, 4) is 0 Å². The van der Waals surface area contributed by atoms with Gasteiger partial charge in [-0.1, -0.05) is 11.3 Å². The Bertz CT molecular complexity index is 440. The van der Waals surface area contributed by atoms with E-state index in [4.69, 9.17) is 0 Å². The maximum atomic E-state index is 12.6. The van der Waals surface area contributed by atoms with E-state index in [2.05, 4.69) is 15.0 Å². The van der Waals surface area contributed by atoms with Crippen LogP contribution in [0.25, 0.3) is 0 Å². The van der Waals surface area contributed by atoms with Crippen molar-refractivity contribution in [2.24, 2.45) is 0 Å². The highest BCUT2D eigenvalue weighted by Crippen LogP contribution is 2.37. The SMILES string of the molecule is COC(=O)c1sc(NC2CC2)nc1C(F)(F)F. The minimum atomic E-state index is -4.65. The number of alkyl halides is 3. The predicted molar refractivity (Wildman–Crippen MR) is 55.1 cm³/mol. The molecule has 2 rings (SSSR count). The number of thiazole rings is 1. The average Bonchev–Trinajstić information content (AvgIpc) is 2.92. The molecule has 1 N–H and O–H groups in total. The number of aromatic nitrogens is 1. The number of nitrogens with one attached hydrogen (secondary N) is 1. The molecular formula is C9H9F3N2O2S. The van der Waals surface area contributed by atoms with E-state index >= 15 is 0 Å². The van der Waals surface area contributed by atoms with Gasteiger partial charge in [-0.05, 0) is 12.8 Å². The Balaban J connectivity index is 2.32. The third kappa shape index (κ3) is 2.68. The molecule has 1 fully saturated rings. The molecule has 1 aliphatic carbocycles. The van der Waals surface area contributed by atoms with Crippen LogP contribution in [0.15, 0.2) is 0 Å². The van der Waals surface area contributed by atoms with Crippen LogP contribution in [0.3, 0.4) is 0 Å². The Hall–Kier alpha value is -1.31. The molecule has 0 atom stereocenters. The van der Waals surface area contributed by atoms with Crippen molar-refractivity contribution in [2.45, 2.75) is 25.1 Å². The zero-order valence-corrected chi connectivity index (χ0v) is 9.61. The van der Waals surface area contributed by atoms with Crippen LogP contribution in [-0.4, -0.2) is 24.1 Å². The van der Waals surface area contributed by atoms with Crippen molar-refractivity contribution >= 4 is 22.4 Å². The molecule has 0 spiro atoms. The van der Waals surface area contributed by atoms with Gasteiger partial charge in [0.1, 0.15) is 4.88 Å². The van der Waals surface area contributed by atoms with Gasteiger partial charge in [0, 0.05) is 6.04 Å². The van der Waals surface area contributed by atoms with E-state index in [9.17, 15) is 18.0 Å². The number of hydrogen-bond acceptors (Lipinski definition) is 5. The topological polar surface area (TPSA) is 51.2 Å². The number of halogens is 3. The first kappa shape index (κ1) is 12.2. The Labute approximate surface area is 98.8 Å². The quantitative estimate of drug-likeness (QED) is 0.854. The van der Waals surface area contributed by atoms with Gasteiger partial charge in [0.05, 0.1) is 7.11 Å². The van der Waals surface area contributed by atoms with E-state index < -0.39 is 22.7 Å². The van der Waals surface area contributed by atoms with Crippen molar-refractivity contribution in [1.29, 1.82) is 0 Å². The predicted octanol–water partition coefficient (Wildman–Crippen LogP) is 2.52. The van der Waals surface area contributed by atoms with Crippen molar-refractivity contribution in [3.05, 3.63) is 10.6 Å². The van der Waals surface area contributed by atoms with Crippen LogP contribution in [0.5, 0.6) is 0 Å². The van der Waals surface area contributed by atoms with Gasteiger partial charge >= 0.3 is 12.1 Å². The Morgan fingerprint density at radius 3 is 2.65 bits per heavy atom. The van der Waals surface area contributed by atoms with Crippen molar-refractivity contribution in [1.82, 2.24) is 4.98 Å². The third-order valence-corrected chi connectivity index (χ3v) is 3.14. The first-order valence-electron chi connectivity index (χ1n) is 4.84. The van der Waals surface area contributed by atoms with Crippen LogP contribution < -0.4 is 5.32 Å². The lowest BCUT2D eigenvalue weighted by Crippen LogP contribution is -2.12. The number of anilines is 1. The standard InChI is InChI=1S/C9H9F3N2O2S/c1-16-7(15)5-6(9(10,11)12)14-8(17-5)13-4-2-3-4/h4H,2-3H2,1H3,(H,13,14). The summed E-state index contributed by atoms with van der Waals surface area (Å²) in [5, 5.41) is 2.94. The number of esters is 1. The molecule has 0 aliphatic heterocycles. The fourth-order valence-electron chi connectivity index (χ4n) is 1.21. The second-order valence-corrected chi connectivity index (χ2v) is 4.60. The summed E-state index contributed by atoms with van der Waals surface area (Å²) in [6.07, 6.45) is -2.83. The van der Waals surface area contributed by atoms with Gasteiger partial charge in [-0.3, -0.25) is 0 Å². The van der Waals surface area contributed by atoms with Gasteiger partial charge in [-0.2, -0.15) is 13.2 Å². The summed E-state index contributed by atoms with van der Waals surface area (Å²) >= 11 is 0.671. The number of rotatable bonds is 3. The average molecular weight is 266 g/mol. The lowest BCUT2D eigenvalue weighted by atomic mass is 10.3. The zero-order chi connectivity index (χ0) is 12.6. The van der Waals surface area contributed by atoms with Crippen molar-refractivity contribution in [2.75, 3.05) is 12.4 Å². The molecule has 8 heteroatoms. The van der Waals surface area contributed by atoms with Gasteiger partial charge in [-0.25, -0.2) is 9.78 Å². The number of methoxy groups -OCH3 is 1. The maximum Gasteiger partial charge on any atom is 0.435 e. The Morgan fingerprint density at radius 2 is 2.18 bits per heavy atom. The maximum absolute atomic E-state index is 12.6. The second-order valence-electron chi connectivity index (χ2n) is 3.60. The molecule has 0 radical (unpaired) electrons. The molecule has 1 saturated carbocycles. The monoisotopic (exact) mass is 266 g/mol. The molecule has 94 valence electrons. The van der Waals surface area contributed by atoms with Crippen LogP contribution in [0.2, 0.25) is 0 Å². The summed E-state index contributed by atoms with van der Waals surface area (Å²) < 4.78 is 42.2. The van der Waals surface area contributed by atoms with Gasteiger partial charge in [-0.15, -0.1) is 0 Å². The molecule has 0 bridgehead atoms. The minimum absolute atomic E-state index is 0.111. The molecule has 0 saturated heterocycles. The van der Waals surface area contributed by atoms with Crippen LogP contribution in [0.1, 0.15) is 28.2 Å². The summed E-state index contributed by atoms with van der Waals surface area (Å²) in [4.78, 5) is 14.1. The van der Waals surface area contributed by atoms with E-state index in [1.54, 1.807) is 0 Å². The molecular weight excluding hydrogens is 257 g/mol. The minimum Gasteiger partial charge on any atom is -0.465 e. The Kier molecular flexibility index (Phi) is 2.98. The lowest BCUT2D eigenvalue weighted by Gasteiger charge is -2.03. The summed E-state index contributed by atoms with van der Waals surface area (Å²) in [6.45, 7) is 0. The van der Waals surface area contributed by atoms with E-state index in [0.717, 1.165) is 20.0 Å². The number of ether oxygens (including phenoxy) is 1. The van der Waals surface area contributed by atoms with Gasteiger partial charge < -0.3 is 10.1 Å². The van der Waals surface area contributed by atoms with Gasteiger partial charge in [0.15, 0.2) is 10.8 Å². The highest BCUT2D eigenvalue weighted by Gasteiger charge is 2.40. The fraction of sp³-hybridized carbons (Fsp3) is 0.556. The summed E-state index contributed by atoms with van der Waals surface area (Å²) in [7, 11) is 1.04. The summed E-state index contributed by atoms with van der Waals surface area (Å²) in [5.41, 5.74) is -1.18. The van der Waals surface area contributed by atoms with E-state index in [-0.39, 0.29) is 11.2 Å². The van der Waals surface area contributed by atoms with Crippen LogP contribution in [0.4, 0.5) is 18.3 Å². The largest absolute Gasteiger partial charge is 0.465 e. The smallest absolute Gasteiger partial charge is 0.435 e. The second kappa shape index (κ2) is 4.17. The van der Waals surface area contributed by atoms with Gasteiger partial charge in [0.25, 0.3) is 0 Å². The van der Waals surface area contributed by atoms with Crippen LogP contribution in [-0.2, 0) is 10.9 Å². The number of nitrogens with zero attached hydrogens (tertiary/aromatic N) is 1. The van der Waals surface area contributed by atoms with Crippen molar-refractivity contribution in [3.63, 3.8) is 0 Å². The Morgan fingerprint density at radius 1 is 1.53 bits per heavy atom. The van der Waals surface area contributed by atoms with Crippen LogP contribution >= 0.6 is 11.3 Å². The molecule has 17 heavy (non-hydrogen) atoms. The normalized spacial score (nSPS) is 15.8. The molecule has 0 amide bonds. The molecule has 4 nitrogen and oxygen atoms in total. The molecule has 1 aliphatic rings. The third-order valence-electron chi connectivity index (χ3n) is 2.17. The molecule has 1 aromatic heterocycles. The molecule has 1 heterocycles. The van der Waals surface area contributed by atoms with E-state index in [1.165, 1.54) is 0 Å². The first-order valence-corrected chi connectivity index (χ1v) is 5.66. The first-order chi connectivity index (χ1) is 7.91. The zero-order valence-electron chi connectivity index (χ0n) is 8.80. The molecule has 0 unspecified atom stereocenters.